The summed E-state index contributed by atoms with van der Waals surface area (Å²) < 4.78 is 13.7. The quantitative estimate of drug-likeness (QED) is 0.342. The third-order valence-corrected chi connectivity index (χ3v) is 5.04. The van der Waals surface area contributed by atoms with E-state index in [0.29, 0.717) is 37.5 Å². The molecule has 0 atom stereocenters. The topological polar surface area (TPSA) is 115 Å². The Hall–Kier alpha value is -4.03. The van der Waals surface area contributed by atoms with E-state index < -0.39 is 5.91 Å². The van der Waals surface area contributed by atoms with Crippen LogP contribution in [0.1, 0.15) is 35.0 Å². The Morgan fingerprint density at radius 2 is 2.16 bits per heavy atom. The molecule has 0 aromatic carbocycles. The van der Waals surface area contributed by atoms with Gasteiger partial charge in [0.1, 0.15) is 17.4 Å². The minimum Gasteiger partial charge on any atom is -0.459 e. The number of furan rings is 1. The van der Waals surface area contributed by atoms with Gasteiger partial charge in [0.05, 0.1) is 17.2 Å². The molecule has 0 aliphatic carbocycles. The zero-order valence-electron chi connectivity index (χ0n) is 17.7. The highest BCUT2D eigenvalue weighted by molar-refractivity contribution is 5.92. The second-order valence-electron chi connectivity index (χ2n) is 7.13. The first-order valence-corrected chi connectivity index (χ1v) is 10.2. The molecule has 0 radical (unpaired) electrons. The molecule has 4 heterocycles. The lowest BCUT2D eigenvalue weighted by Crippen LogP contribution is -2.30. The van der Waals surface area contributed by atoms with Crippen LogP contribution in [-0.4, -0.2) is 33.1 Å². The van der Waals surface area contributed by atoms with Gasteiger partial charge in [0.25, 0.3) is 5.56 Å². The minimum absolute atomic E-state index is 0.0530. The number of carbonyl (C=O) groups excluding carboxylic acids is 1. The first kappa shape index (κ1) is 21.2. The zero-order chi connectivity index (χ0) is 22.7. The van der Waals surface area contributed by atoms with Gasteiger partial charge in [-0.25, -0.2) is 4.98 Å². The van der Waals surface area contributed by atoms with Crippen LogP contribution in [0.5, 0.6) is 0 Å². The highest BCUT2D eigenvalue weighted by Crippen LogP contribution is 2.13. The van der Waals surface area contributed by atoms with Crippen molar-refractivity contribution in [2.45, 2.75) is 26.8 Å². The summed E-state index contributed by atoms with van der Waals surface area (Å²) in [4.78, 5) is 34.8. The SMILES string of the molecule is CCOCCCn1c(=NC(=O)c2ccco2)c(C#N)cc2c(=O)n3cccc(C)c3nc21. The summed E-state index contributed by atoms with van der Waals surface area (Å²) in [7, 11) is 0. The maximum absolute atomic E-state index is 13.2. The number of nitrogens with zero attached hydrogens (tertiary/aromatic N) is 5. The van der Waals surface area contributed by atoms with Crippen LogP contribution in [0, 0.1) is 18.3 Å². The Bertz CT molecular complexity index is 1470. The van der Waals surface area contributed by atoms with Crippen molar-refractivity contribution in [3.63, 3.8) is 0 Å². The molecule has 9 nitrogen and oxygen atoms in total. The molecule has 32 heavy (non-hydrogen) atoms. The Morgan fingerprint density at radius 3 is 2.88 bits per heavy atom. The van der Waals surface area contributed by atoms with Gasteiger partial charge in [0.15, 0.2) is 11.2 Å². The fraction of sp³-hybridized carbons (Fsp3) is 0.261. The summed E-state index contributed by atoms with van der Waals surface area (Å²) >= 11 is 0. The molecule has 0 bridgehead atoms. The lowest BCUT2D eigenvalue weighted by Gasteiger charge is -2.14. The standard InChI is InChI=1S/C23H21N5O4/c1-3-31-11-6-10-27-20(26-22(29)18-8-5-12-32-18)16(14-24)13-17-21(27)25-19-15(2)7-4-9-28(19)23(17)30/h4-5,7-9,12-13H,3,6,10-11H2,1-2H3. The molecule has 0 N–H and O–H groups in total. The van der Waals surface area contributed by atoms with Gasteiger partial charge in [0.2, 0.25) is 0 Å². The van der Waals surface area contributed by atoms with Gasteiger partial charge in [-0.2, -0.15) is 10.3 Å². The second kappa shape index (κ2) is 8.99. The smallest absolute Gasteiger partial charge is 0.314 e. The number of hydrogen-bond acceptors (Lipinski definition) is 6. The number of rotatable bonds is 6. The average Bonchev–Trinajstić information content (AvgIpc) is 3.33. The van der Waals surface area contributed by atoms with Gasteiger partial charge < -0.3 is 13.7 Å². The van der Waals surface area contributed by atoms with Crippen molar-refractivity contribution in [1.29, 1.82) is 5.26 Å². The van der Waals surface area contributed by atoms with E-state index in [0.717, 1.165) is 5.56 Å². The number of pyridine rings is 2. The molecule has 4 aromatic rings. The van der Waals surface area contributed by atoms with E-state index in [4.69, 9.17) is 14.1 Å². The summed E-state index contributed by atoms with van der Waals surface area (Å²) in [6, 6.07) is 10.2. The van der Waals surface area contributed by atoms with Crippen LogP contribution < -0.4 is 11.0 Å². The van der Waals surface area contributed by atoms with Gasteiger partial charge in [0, 0.05) is 26.0 Å². The van der Waals surface area contributed by atoms with E-state index >= 15 is 0 Å². The van der Waals surface area contributed by atoms with Crippen molar-refractivity contribution < 1.29 is 13.9 Å². The third kappa shape index (κ3) is 3.84. The molecule has 0 saturated heterocycles. The number of carbonyl (C=O) groups is 1. The molecule has 9 heteroatoms. The lowest BCUT2D eigenvalue weighted by molar-refractivity contribution is 0.0970. The average molecular weight is 431 g/mol. The third-order valence-electron chi connectivity index (χ3n) is 5.04. The number of nitriles is 1. The Kier molecular flexibility index (Phi) is 5.96. The van der Waals surface area contributed by atoms with Gasteiger partial charge in [-0.15, -0.1) is 0 Å². The summed E-state index contributed by atoms with van der Waals surface area (Å²) in [6.07, 6.45) is 3.60. The molecular formula is C23H21N5O4. The van der Waals surface area contributed by atoms with Crippen molar-refractivity contribution in [2.75, 3.05) is 13.2 Å². The molecular weight excluding hydrogens is 410 g/mol. The van der Waals surface area contributed by atoms with Crippen molar-refractivity contribution in [2.24, 2.45) is 4.99 Å². The number of aryl methyl sites for hydroxylation is 2. The van der Waals surface area contributed by atoms with Crippen molar-refractivity contribution in [3.05, 3.63) is 75.5 Å². The van der Waals surface area contributed by atoms with Gasteiger partial charge in [-0.3, -0.25) is 14.0 Å². The summed E-state index contributed by atoms with van der Waals surface area (Å²) in [5, 5.41) is 10.1. The highest BCUT2D eigenvalue weighted by Gasteiger charge is 2.16. The molecule has 0 fully saturated rings. The first-order chi connectivity index (χ1) is 15.5. The van der Waals surface area contributed by atoms with Crippen LogP contribution >= 0.6 is 0 Å². The summed E-state index contributed by atoms with van der Waals surface area (Å²) in [5.74, 6) is -0.574. The van der Waals surface area contributed by atoms with Crippen molar-refractivity contribution in [3.8, 4) is 6.07 Å². The van der Waals surface area contributed by atoms with Gasteiger partial charge in [-0.1, -0.05) is 6.07 Å². The monoisotopic (exact) mass is 431 g/mol. The molecule has 0 aliphatic heterocycles. The largest absolute Gasteiger partial charge is 0.459 e. The maximum atomic E-state index is 13.2. The lowest BCUT2D eigenvalue weighted by atomic mass is 10.2. The second-order valence-corrected chi connectivity index (χ2v) is 7.13. The van der Waals surface area contributed by atoms with Crippen LogP contribution in [-0.2, 0) is 11.3 Å². The molecule has 4 rings (SSSR count). The van der Waals surface area contributed by atoms with E-state index in [9.17, 15) is 14.9 Å². The Balaban J connectivity index is 2.05. The number of fused-ring (bicyclic) bond motifs is 2. The zero-order valence-corrected chi connectivity index (χ0v) is 17.7. The predicted molar refractivity (Wildman–Crippen MR) is 116 cm³/mol. The van der Waals surface area contributed by atoms with Crippen molar-refractivity contribution in [1.82, 2.24) is 14.0 Å². The van der Waals surface area contributed by atoms with Crippen LogP contribution in [0.2, 0.25) is 0 Å². The van der Waals surface area contributed by atoms with Crippen LogP contribution in [0.4, 0.5) is 0 Å². The Labute approximate surface area is 182 Å². The predicted octanol–water partition coefficient (Wildman–Crippen LogP) is 2.59. The van der Waals surface area contributed by atoms with Crippen LogP contribution in [0.3, 0.4) is 0 Å². The number of amides is 1. The molecule has 0 saturated carbocycles. The van der Waals surface area contributed by atoms with Crippen LogP contribution in [0.25, 0.3) is 16.7 Å². The molecule has 0 spiro atoms. The van der Waals surface area contributed by atoms with E-state index in [1.807, 2.05) is 19.9 Å². The van der Waals surface area contributed by atoms with Crippen molar-refractivity contribution >= 4 is 22.6 Å². The molecule has 4 aromatic heterocycles. The van der Waals surface area contributed by atoms with Crippen LogP contribution in [0.15, 0.2) is 57.0 Å². The molecule has 162 valence electrons. The fourth-order valence-corrected chi connectivity index (χ4v) is 3.52. The molecule has 1 amide bonds. The van der Waals surface area contributed by atoms with E-state index in [2.05, 4.69) is 11.1 Å². The number of hydrogen-bond donors (Lipinski definition) is 0. The molecule has 0 aliphatic rings. The maximum Gasteiger partial charge on any atom is 0.314 e. The van der Waals surface area contributed by atoms with E-state index in [-0.39, 0.29) is 27.8 Å². The molecule has 0 unspecified atom stereocenters. The number of ether oxygens (including phenoxy) is 1. The Morgan fingerprint density at radius 1 is 1.31 bits per heavy atom. The minimum atomic E-state index is -0.627. The van der Waals surface area contributed by atoms with E-state index in [1.54, 1.807) is 22.9 Å². The highest BCUT2D eigenvalue weighted by atomic mass is 16.5. The van der Waals surface area contributed by atoms with Gasteiger partial charge in [-0.05, 0) is 50.1 Å². The van der Waals surface area contributed by atoms with Gasteiger partial charge >= 0.3 is 5.91 Å². The summed E-state index contributed by atoms with van der Waals surface area (Å²) in [6.45, 7) is 5.16. The normalized spacial score (nSPS) is 11.8. The van der Waals surface area contributed by atoms with E-state index in [1.165, 1.54) is 22.8 Å². The first-order valence-electron chi connectivity index (χ1n) is 10.2. The number of aromatic nitrogens is 3. The fourth-order valence-electron chi connectivity index (χ4n) is 3.52. The summed E-state index contributed by atoms with van der Waals surface area (Å²) in [5.41, 5.74) is 1.60.